The first-order valence-corrected chi connectivity index (χ1v) is 5.90. The van der Waals surface area contributed by atoms with E-state index in [2.05, 4.69) is 20.8 Å². The van der Waals surface area contributed by atoms with Crippen molar-refractivity contribution in [3.8, 4) is 0 Å². The van der Waals surface area contributed by atoms with Crippen LogP contribution in [0.25, 0.3) is 0 Å². The summed E-state index contributed by atoms with van der Waals surface area (Å²) in [6.07, 6.45) is 3.15. The molecule has 0 atom stereocenters. The zero-order valence-electron chi connectivity index (χ0n) is 10.6. The zero-order valence-corrected chi connectivity index (χ0v) is 10.6. The second kappa shape index (κ2) is 8.72. The van der Waals surface area contributed by atoms with E-state index in [9.17, 15) is 4.79 Å². The van der Waals surface area contributed by atoms with Crippen LogP contribution in [0.3, 0.4) is 0 Å². The van der Waals surface area contributed by atoms with Gasteiger partial charge in [-0.3, -0.25) is 9.69 Å². The van der Waals surface area contributed by atoms with Crippen molar-refractivity contribution in [2.24, 2.45) is 5.92 Å². The van der Waals surface area contributed by atoms with Gasteiger partial charge in [0.25, 0.3) is 0 Å². The van der Waals surface area contributed by atoms with Gasteiger partial charge >= 0.3 is 5.97 Å². The quantitative estimate of drug-likeness (QED) is 0.459. The van der Waals surface area contributed by atoms with Crippen molar-refractivity contribution in [2.75, 3.05) is 26.7 Å². The van der Waals surface area contributed by atoms with Gasteiger partial charge in [-0.1, -0.05) is 27.2 Å². The number of likely N-dealkylation sites (N-methyl/N-ethyl adjacent to an activating group) is 1. The molecule has 0 spiro atoms. The minimum atomic E-state index is -0.102. The monoisotopic (exact) mass is 215 g/mol. The van der Waals surface area contributed by atoms with Crippen LogP contribution in [-0.2, 0) is 9.53 Å². The molecule has 0 aliphatic carbocycles. The number of carbonyl (C=O) groups is 1. The van der Waals surface area contributed by atoms with Crippen LogP contribution in [0.5, 0.6) is 0 Å². The summed E-state index contributed by atoms with van der Waals surface area (Å²) in [6.45, 7) is 8.40. The highest BCUT2D eigenvalue weighted by Crippen LogP contribution is 2.00. The van der Waals surface area contributed by atoms with Gasteiger partial charge in [0, 0.05) is 0 Å². The largest absolute Gasteiger partial charge is 0.465 e. The third-order valence-electron chi connectivity index (χ3n) is 2.25. The lowest BCUT2D eigenvalue weighted by Crippen LogP contribution is -2.29. The highest BCUT2D eigenvalue weighted by molar-refractivity contribution is 5.71. The molecule has 90 valence electrons. The highest BCUT2D eigenvalue weighted by atomic mass is 16.5. The summed E-state index contributed by atoms with van der Waals surface area (Å²) in [5.74, 6) is 0.582. The number of hydrogen-bond donors (Lipinski definition) is 0. The summed E-state index contributed by atoms with van der Waals surface area (Å²) >= 11 is 0. The van der Waals surface area contributed by atoms with Crippen LogP contribution in [0, 0.1) is 5.92 Å². The minimum Gasteiger partial charge on any atom is -0.465 e. The Morgan fingerprint density at radius 3 is 2.60 bits per heavy atom. The van der Waals surface area contributed by atoms with Crippen LogP contribution >= 0.6 is 0 Å². The number of unbranched alkanes of at least 4 members (excludes halogenated alkanes) is 1. The summed E-state index contributed by atoms with van der Waals surface area (Å²) in [5, 5.41) is 0. The molecule has 0 fully saturated rings. The van der Waals surface area contributed by atoms with E-state index < -0.39 is 0 Å². The van der Waals surface area contributed by atoms with Crippen LogP contribution in [0.4, 0.5) is 0 Å². The molecule has 0 aromatic carbocycles. The maximum absolute atomic E-state index is 11.3. The molecule has 0 N–H and O–H groups in total. The first kappa shape index (κ1) is 14.4. The lowest BCUT2D eigenvalue weighted by molar-refractivity contribution is -0.144. The number of ether oxygens (including phenoxy) is 1. The summed E-state index contributed by atoms with van der Waals surface area (Å²) < 4.78 is 5.08. The van der Waals surface area contributed by atoms with E-state index in [0.717, 1.165) is 25.8 Å². The lowest BCUT2D eigenvalue weighted by Gasteiger charge is -2.16. The third kappa shape index (κ3) is 9.73. The Hall–Kier alpha value is -0.570. The van der Waals surface area contributed by atoms with E-state index in [1.807, 2.05) is 11.9 Å². The first-order valence-electron chi connectivity index (χ1n) is 5.90. The smallest absolute Gasteiger partial charge is 0.320 e. The average molecular weight is 215 g/mol. The van der Waals surface area contributed by atoms with Gasteiger partial charge in [-0.2, -0.15) is 0 Å². The molecule has 0 aromatic heterocycles. The molecule has 0 bridgehead atoms. The molecule has 0 heterocycles. The van der Waals surface area contributed by atoms with Gasteiger partial charge in [0.1, 0.15) is 0 Å². The molecule has 15 heavy (non-hydrogen) atoms. The molecule has 0 saturated heterocycles. The molecule has 0 aliphatic rings. The van der Waals surface area contributed by atoms with Gasteiger partial charge in [-0.05, 0) is 32.4 Å². The van der Waals surface area contributed by atoms with Crippen LogP contribution < -0.4 is 0 Å². The molecule has 0 saturated carbocycles. The van der Waals surface area contributed by atoms with E-state index in [4.69, 9.17) is 4.74 Å². The Balaban J connectivity index is 3.49. The van der Waals surface area contributed by atoms with Crippen molar-refractivity contribution in [1.29, 1.82) is 0 Å². The van der Waals surface area contributed by atoms with Gasteiger partial charge < -0.3 is 4.74 Å². The average Bonchev–Trinajstić information content (AvgIpc) is 2.15. The van der Waals surface area contributed by atoms with Crippen LogP contribution in [0.15, 0.2) is 0 Å². The molecular weight excluding hydrogens is 190 g/mol. The van der Waals surface area contributed by atoms with E-state index >= 15 is 0 Å². The fraction of sp³-hybridized carbons (Fsp3) is 0.917. The SMILES string of the molecule is CCCCOC(=O)CN(C)CCC(C)C. The fourth-order valence-corrected chi connectivity index (χ4v) is 1.15. The predicted octanol–water partition coefficient (Wildman–Crippen LogP) is 2.31. The summed E-state index contributed by atoms with van der Waals surface area (Å²) in [5.41, 5.74) is 0. The summed E-state index contributed by atoms with van der Waals surface area (Å²) in [4.78, 5) is 13.3. The molecule has 0 rings (SSSR count). The predicted molar refractivity (Wildman–Crippen MR) is 62.8 cm³/mol. The molecule has 0 radical (unpaired) electrons. The van der Waals surface area contributed by atoms with Crippen LogP contribution in [0.1, 0.15) is 40.0 Å². The van der Waals surface area contributed by atoms with E-state index in [-0.39, 0.29) is 5.97 Å². The Bertz CT molecular complexity index is 169. The first-order chi connectivity index (χ1) is 7.06. The zero-order chi connectivity index (χ0) is 11.7. The van der Waals surface area contributed by atoms with Crippen molar-refractivity contribution in [3.63, 3.8) is 0 Å². The van der Waals surface area contributed by atoms with Gasteiger partial charge in [-0.25, -0.2) is 0 Å². The summed E-state index contributed by atoms with van der Waals surface area (Å²) in [7, 11) is 1.96. The van der Waals surface area contributed by atoms with Gasteiger partial charge in [-0.15, -0.1) is 0 Å². The minimum absolute atomic E-state index is 0.102. The molecule has 0 amide bonds. The molecule has 0 unspecified atom stereocenters. The van der Waals surface area contributed by atoms with Crippen molar-refractivity contribution in [1.82, 2.24) is 4.90 Å². The maximum Gasteiger partial charge on any atom is 0.320 e. The molecule has 0 aromatic rings. The van der Waals surface area contributed by atoms with Crippen LogP contribution in [0.2, 0.25) is 0 Å². The van der Waals surface area contributed by atoms with Crippen molar-refractivity contribution in [3.05, 3.63) is 0 Å². The Labute approximate surface area is 93.8 Å². The Kier molecular flexibility index (Phi) is 8.38. The van der Waals surface area contributed by atoms with Gasteiger partial charge in [0.2, 0.25) is 0 Å². The highest BCUT2D eigenvalue weighted by Gasteiger charge is 2.07. The number of nitrogens with zero attached hydrogens (tertiary/aromatic N) is 1. The van der Waals surface area contributed by atoms with Crippen molar-refractivity contribution >= 4 is 5.97 Å². The molecular formula is C12H25NO2. The third-order valence-corrected chi connectivity index (χ3v) is 2.25. The Morgan fingerprint density at radius 2 is 2.07 bits per heavy atom. The molecule has 3 heteroatoms. The number of carbonyl (C=O) groups excluding carboxylic acids is 1. The van der Waals surface area contributed by atoms with E-state index in [1.54, 1.807) is 0 Å². The number of rotatable bonds is 8. The standard InChI is InChI=1S/C12H25NO2/c1-5-6-9-15-12(14)10-13(4)8-7-11(2)3/h11H,5-10H2,1-4H3. The summed E-state index contributed by atoms with van der Waals surface area (Å²) in [6, 6.07) is 0. The fourth-order valence-electron chi connectivity index (χ4n) is 1.15. The Morgan fingerprint density at radius 1 is 1.40 bits per heavy atom. The molecule has 3 nitrogen and oxygen atoms in total. The van der Waals surface area contributed by atoms with Gasteiger partial charge in [0.05, 0.1) is 13.2 Å². The van der Waals surface area contributed by atoms with E-state index in [0.29, 0.717) is 19.1 Å². The lowest BCUT2D eigenvalue weighted by atomic mass is 10.1. The van der Waals surface area contributed by atoms with Crippen molar-refractivity contribution < 1.29 is 9.53 Å². The topological polar surface area (TPSA) is 29.5 Å². The number of esters is 1. The van der Waals surface area contributed by atoms with Crippen molar-refractivity contribution in [2.45, 2.75) is 40.0 Å². The number of hydrogen-bond acceptors (Lipinski definition) is 3. The maximum atomic E-state index is 11.3. The van der Waals surface area contributed by atoms with Crippen LogP contribution in [-0.4, -0.2) is 37.6 Å². The van der Waals surface area contributed by atoms with E-state index in [1.165, 1.54) is 0 Å². The van der Waals surface area contributed by atoms with Gasteiger partial charge in [0.15, 0.2) is 0 Å². The second-order valence-electron chi connectivity index (χ2n) is 4.49. The second-order valence-corrected chi connectivity index (χ2v) is 4.49. The normalized spacial score (nSPS) is 11.1. The molecule has 0 aliphatic heterocycles.